The highest BCUT2D eigenvalue weighted by Gasteiger charge is 2.26. The van der Waals surface area contributed by atoms with Crippen LogP contribution in [-0.2, 0) is 11.3 Å². The standard InChI is InChI=1S/C14H21ClN2O/c1-10-5-6-17(9-14(10)18-2)13-4-3-12(15)7-11(13)8-16/h3-4,7,10,14H,5-6,8-9,16H2,1-2H3. The first-order chi connectivity index (χ1) is 8.65. The summed E-state index contributed by atoms with van der Waals surface area (Å²) in [5.41, 5.74) is 8.10. The Labute approximate surface area is 114 Å². The third kappa shape index (κ3) is 2.79. The lowest BCUT2D eigenvalue weighted by Gasteiger charge is -2.38. The highest BCUT2D eigenvalue weighted by atomic mass is 35.5. The van der Waals surface area contributed by atoms with Crippen molar-refractivity contribution in [1.82, 2.24) is 0 Å². The van der Waals surface area contributed by atoms with Crippen molar-refractivity contribution < 1.29 is 4.74 Å². The van der Waals surface area contributed by atoms with Gasteiger partial charge < -0.3 is 15.4 Å². The lowest BCUT2D eigenvalue weighted by molar-refractivity contribution is 0.0498. The molecule has 4 heteroatoms. The molecule has 100 valence electrons. The molecular formula is C14H21ClN2O. The minimum Gasteiger partial charge on any atom is -0.379 e. The first-order valence-electron chi connectivity index (χ1n) is 6.42. The van der Waals surface area contributed by atoms with Crippen molar-refractivity contribution in [2.75, 3.05) is 25.1 Å². The maximum atomic E-state index is 6.01. The van der Waals surface area contributed by atoms with E-state index in [-0.39, 0.29) is 0 Å². The number of halogens is 1. The molecule has 2 unspecified atom stereocenters. The maximum absolute atomic E-state index is 6.01. The SMILES string of the molecule is COC1CN(c2ccc(Cl)cc2CN)CCC1C. The van der Waals surface area contributed by atoms with Gasteiger partial charge >= 0.3 is 0 Å². The molecule has 0 spiro atoms. The van der Waals surface area contributed by atoms with Crippen LogP contribution in [0, 0.1) is 5.92 Å². The van der Waals surface area contributed by atoms with Crippen molar-refractivity contribution in [2.45, 2.75) is 26.0 Å². The number of hydrogen-bond donors (Lipinski definition) is 1. The summed E-state index contributed by atoms with van der Waals surface area (Å²) in [6.07, 6.45) is 1.44. The van der Waals surface area contributed by atoms with Crippen LogP contribution in [0.4, 0.5) is 5.69 Å². The molecule has 2 atom stereocenters. The van der Waals surface area contributed by atoms with Gasteiger partial charge in [0, 0.05) is 37.5 Å². The number of benzene rings is 1. The van der Waals surface area contributed by atoms with Gasteiger partial charge in [0.15, 0.2) is 0 Å². The number of piperidine rings is 1. The molecular weight excluding hydrogens is 248 g/mol. The Kier molecular flexibility index (Phi) is 4.49. The number of anilines is 1. The number of hydrogen-bond acceptors (Lipinski definition) is 3. The van der Waals surface area contributed by atoms with Crippen molar-refractivity contribution in [2.24, 2.45) is 11.7 Å². The number of ether oxygens (including phenoxy) is 1. The van der Waals surface area contributed by atoms with Crippen molar-refractivity contribution in [3.05, 3.63) is 28.8 Å². The van der Waals surface area contributed by atoms with E-state index in [2.05, 4.69) is 17.9 Å². The van der Waals surface area contributed by atoms with E-state index < -0.39 is 0 Å². The predicted octanol–water partition coefficient (Wildman–Crippen LogP) is 2.66. The zero-order chi connectivity index (χ0) is 13.1. The van der Waals surface area contributed by atoms with E-state index in [4.69, 9.17) is 22.1 Å². The smallest absolute Gasteiger partial charge is 0.0772 e. The van der Waals surface area contributed by atoms with Gasteiger partial charge in [-0.05, 0) is 36.1 Å². The molecule has 0 bridgehead atoms. The molecule has 0 radical (unpaired) electrons. The number of nitrogens with two attached hydrogens (primary N) is 1. The van der Waals surface area contributed by atoms with Crippen molar-refractivity contribution in [3.8, 4) is 0 Å². The summed E-state index contributed by atoms with van der Waals surface area (Å²) in [6.45, 7) is 4.73. The topological polar surface area (TPSA) is 38.5 Å². The second kappa shape index (κ2) is 5.91. The van der Waals surface area contributed by atoms with Gasteiger partial charge in [0.05, 0.1) is 6.10 Å². The largest absolute Gasteiger partial charge is 0.379 e. The van der Waals surface area contributed by atoms with Crippen LogP contribution in [0.15, 0.2) is 18.2 Å². The van der Waals surface area contributed by atoms with E-state index in [1.165, 1.54) is 5.69 Å². The number of methoxy groups -OCH3 is 1. The van der Waals surface area contributed by atoms with Gasteiger partial charge in [-0.3, -0.25) is 0 Å². The number of rotatable bonds is 3. The normalized spacial score (nSPS) is 24.3. The first kappa shape index (κ1) is 13.7. The Morgan fingerprint density at radius 1 is 1.50 bits per heavy atom. The van der Waals surface area contributed by atoms with Gasteiger partial charge in [-0.15, -0.1) is 0 Å². The quantitative estimate of drug-likeness (QED) is 0.916. The van der Waals surface area contributed by atoms with E-state index in [9.17, 15) is 0 Å². The zero-order valence-electron chi connectivity index (χ0n) is 11.0. The fourth-order valence-corrected chi connectivity index (χ4v) is 2.78. The van der Waals surface area contributed by atoms with Crippen molar-refractivity contribution in [1.29, 1.82) is 0 Å². The van der Waals surface area contributed by atoms with Crippen molar-refractivity contribution in [3.63, 3.8) is 0 Å². The Balaban J connectivity index is 2.21. The fraction of sp³-hybridized carbons (Fsp3) is 0.571. The second-order valence-electron chi connectivity index (χ2n) is 4.96. The average Bonchev–Trinajstić information content (AvgIpc) is 2.39. The Hall–Kier alpha value is -0.770. The summed E-state index contributed by atoms with van der Waals surface area (Å²) in [6, 6.07) is 5.94. The molecule has 1 aromatic rings. The van der Waals surface area contributed by atoms with Crippen LogP contribution < -0.4 is 10.6 Å². The van der Waals surface area contributed by atoms with E-state index >= 15 is 0 Å². The number of nitrogens with zero attached hydrogens (tertiary/aromatic N) is 1. The lowest BCUT2D eigenvalue weighted by Crippen LogP contribution is -2.44. The molecule has 1 aliphatic heterocycles. The van der Waals surface area contributed by atoms with Crippen LogP contribution in [0.1, 0.15) is 18.9 Å². The van der Waals surface area contributed by atoms with E-state index in [1.807, 2.05) is 12.1 Å². The van der Waals surface area contributed by atoms with Crippen LogP contribution in [0.25, 0.3) is 0 Å². The van der Waals surface area contributed by atoms with Crippen LogP contribution in [0.2, 0.25) is 5.02 Å². The molecule has 1 saturated heterocycles. The summed E-state index contributed by atoms with van der Waals surface area (Å²) >= 11 is 6.01. The monoisotopic (exact) mass is 268 g/mol. The fourth-order valence-electron chi connectivity index (χ4n) is 2.59. The first-order valence-corrected chi connectivity index (χ1v) is 6.79. The molecule has 1 aromatic carbocycles. The molecule has 1 aliphatic rings. The van der Waals surface area contributed by atoms with Gasteiger partial charge in [0.2, 0.25) is 0 Å². The molecule has 3 nitrogen and oxygen atoms in total. The zero-order valence-corrected chi connectivity index (χ0v) is 11.8. The summed E-state index contributed by atoms with van der Waals surface area (Å²) in [7, 11) is 1.79. The molecule has 0 aromatic heterocycles. The molecule has 0 aliphatic carbocycles. The summed E-state index contributed by atoms with van der Waals surface area (Å²) in [5.74, 6) is 0.611. The van der Waals surface area contributed by atoms with Crippen molar-refractivity contribution >= 4 is 17.3 Å². The maximum Gasteiger partial charge on any atom is 0.0772 e. The van der Waals surface area contributed by atoms with Crippen LogP contribution >= 0.6 is 11.6 Å². The molecule has 2 rings (SSSR count). The molecule has 1 heterocycles. The third-order valence-corrected chi connectivity index (χ3v) is 4.03. The minimum atomic E-state index is 0.292. The van der Waals surface area contributed by atoms with Crippen LogP contribution in [-0.4, -0.2) is 26.3 Å². The summed E-state index contributed by atoms with van der Waals surface area (Å²) in [4.78, 5) is 2.35. The van der Waals surface area contributed by atoms with Gasteiger partial charge in [0.25, 0.3) is 0 Å². The van der Waals surface area contributed by atoms with Gasteiger partial charge in [-0.2, -0.15) is 0 Å². The van der Waals surface area contributed by atoms with Gasteiger partial charge in [-0.25, -0.2) is 0 Å². The molecule has 0 amide bonds. The second-order valence-corrected chi connectivity index (χ2v) is 5.40. The molecule has 1 fully saturated rings. The highest BCUT2D eigenvalue weighted by molar-refractivity contribution is 6.30. The highest BCUT2D eigenvalue weighted by Crippen LogP contribution is 2.29. The van der Waals surface area contributed by atoms with Gasteiger partial charge in [0.1, 0.15) is 0 Å². The van der Waals surface area contributed by atoms with Crippen LogP contribution in [0.5, 0.6) is 0 Å². The van der Waals surface area contributed by atoms with E-state index in [0.717, 1.165) is 30.1 Å². The van der Waals surface area contributed by atoms with Gasteiger partial charge in [-0.1, -0.05) is 18.5 Å². The Morgan fingerprint density at radius 2 is 2.28 bits per heavy atom. The molecule has 2 N–H and O–H groups in total. The summed E-state index contributed by atoms with van der Waals surface area (Å²) < 4.78 is 5.55. The Morgan fingerprint density at radius 3 is 2.94 bits per heavy atom. The predicted molar refractivity (Wildman–Crippen MR) is 76.1 cm³/mol. The Bertz CT molecular complexity index is 411. The van der Waals surface area contributed by atoms with Crippen LogP contribution in [0.3, 0.4) is 0 Å². The molecule has 0 saturated carbocycles. The minimum absolute atomic E-state index is 0.292. The lowest BCUT2D eigenvalue weighted by atomic mass is 9.95. The average molecular weight is 269 g/mol. The van der Waals surface area contributed by atoms with E-state index in [0.29, 0.717) is 18.6 Å². The summed E-state index contributed by atoms with van der Waals surface area (Å²) in [5, 5.41) is 0.743. The third-order valence-electron chi connectivity index (χ3n) is 3.79. The van der Waals surface area contributed by atoms with E-state index in [1.54, 1.807) is 7.11 Å². The molecule has 18 heavy (non-hydrogen) atoms.